The zero-order valence-corrected chi connectivity index (χ0v) is 16.7. The highest BCUT2D eigenvalue weighted by atomic mass is 16.5. The largest absolute Gasteiger partial charge is 0.361 e. The van der Waals surface area contributed by atoms with Gasteiger partial charge in [-0.1, -0.05) is 5.16 Å². The third kappa shape index (κ3) is 4.03. The monoisotopic (exact) mass is 393 g/mol. The fourth-order valence-corrected chi connectivity index (χ4v) is 3.41. The summed E-state index contributed by atoms with van der Waals surface area (Å²) in [4.78, 5) is 29.8. The zero-order valence-electron chi connectivity index (χ0n) is 16.7. The molecule has 1 aliphatic heterocycles. The van der Waals surface area contributed by atoms with Crippen LogP contribution in [-0.2, 0) is 0 Å². The van der Waals surface area contributed by atoms with Crippen LogP contribution in [0.15, 0.2) is 35.2 Å². The Hall–Kier alpha value is -3.49. The van der Waals surface area contributed by atoms with Crippen molar-refractivity contribution < 1.29 is 9.32 Å². The minimum absolute atomic E-state index is 0.0311. The van der Waals surface area contributed by atoms with Crippen molar-refractivity contribution in [2.45, 2.75) is 20.8 Å². The highest BCUT2D eigenvalue weighted by molar-refractivity contribution is 5.96. The molecule has 0 unspecified atom stereocenters. The van der Waals surface area contributed by atoms with Gasteiger partial charge in [0.25, 0.3) is 5.91 Å². The second kappa shape index (κ2) is 7.86. The predicted molar refractivity (Wildman–Crippen MR) is 108 cm³/mol. The molecule has 9 heteroatoms. The number of piperazine rings is 1. The third-order valence-corrected chi connectivity index (χ3v) is 4.96. The molecule has 1 fully saturated rings. The van der Waals surface area contributed by atoms with Crippen LogP contribution in [0.5, 0.6) is 0 Å². The molecule has 0 bridgehead atoms. The molecular formula is C20H23N7O2. The number of aryl methyl sites for hydroxylation is 3. The van der Waals surface area contributed by atoms with E-state index in [9.17, 15) is 4.79 Å². The Labute approximate surface area is 168 Å². The van der Waals surface area contributed by atoms with Crippen LogP contribution in [0.4, 0.5) is 17.5 Å². The highest BCUT2D eigenvalue weighted by Crippen LogP contribution is 2.21. The Morgan fingerprint density at radius 2 is 1.79 bits per heavy atom. The van der Waals surface area contributed by atoms with Crippen molar-refractivity contribution in [2.75, 3.05) is 36.4 Å². The van der Waals surface area contributed by atoms with Gasteiger partial charge in [-0.05, 0) is 38.5 Å². The van der Waals surface area contributed by atoms with E-state index in [1.807, 2.05) is 30.0 Å². The topological polar surface area (TPSA) is 100 Å². The molecule has 9 nitrogen and oxygen atoms in total. The van der Waals surface area contributed by atoms with E-state index in [-0.39, 0.29) is 5.91 Å². The third-order valence-electron chi connectivity index (χ3n) is 4.96. The van der Waals surface area contributed by atoms with Crippen molar-refractivity contribution in [2.24, 2.45) is 0 Å². The van der Waals surface area contributed by atoms with Crippen LogP contribution in [0.2, 0.25) is 0 Å². The Balaban J connectivity index is 1.42. The Morgan fingerprint density at radius 1 is 1.03 bits per heavy atom. The average molecular weight is 393 g/mol. The minimum atomic E-state index is -0.0311. The summed E-state index contributed by atoms with van der Waals surface area (Å²) < 4.78 is 5.13. The molecule has 0 spiro atoms. The van der Waals surface area contributed by atoms with Gasteiger partial charge in [0.1, 0.15) is 35.1 Å². The molecule has 0 aliphatic carbocycles. The molecule has 1 N–H and O–H groups in total. The van der Waals surface area contributed by atoms with E-state index in [1.165, 1.54) is 6.33 Å². The van der Waals surface area contributed by atoms with Crippen molar-refractivity contribution in [3.63, 3.8) is 0 Å². The van der Waals surface area contributed by atoms with Gasteiger partial charge in [-0.25, -0.2) is 15.0 Å². The summed E-state index contributed by atoms with van der Waals surface area (Å²) in [6, 6.07) is 5.80. The van der Waals surface area contributed by atoms with Gasteiger partial charge in [-0.15, -0.1) is 0 Å². The molecule has 3 aromatic rings. The lowest BCUT2D eigenvalue weighted by Crippen LogP contribution is -2.49. The summed E-state index contributed by atoms with van der Waals surface area (Å²) in [5.41, 5.74) is 2.32. The first-order valence-electron chi connectivity index (χ1n) is 9.50. The van der Waals surface area contributed by atoms with Gasteiger partial charge in [0.15, 0.2) is 0 Å². The van der Waals surface area contributed by atoms with Crippen LogP contribution in [0, 0.1) is 20.8 Å². The van der Waals surface area contributed by atoms with Gasteiger partial charge in [0.05, 0.1) is 5.69 Å². The number of hydrogen-bond donors (Lipinski definition) is 1. The number of carbonyl (C=O) groups excluding carboxylic acids is 1. The molecule has 0 aromatic carbocycles. The number of nitrogens with zero attached hydrogens (tertiary/aromatic N) is 6. The number of carbonyl (C=O) groups is 1. The molecule has 150 valence electrons. The number of amides is 1. The molecule has 4 rings (SSSR count). The second-order valence-corrected chi connectivity index (χ2v) is 7.08. The van der Waals surface area contributed by atoms with Gasteiger partial charge >= 0.3 is 0 Å². The second-order valence-electron chi connectivity index (χ2n) is 7.08. The van der Waals surface area contributed by atoms with Gasteiger partial charge in [0.2, 0.25) is 0 Å². The molecule has 3 aromatic heterocycles. The Bertz CT molecular complexity index is 1010. The predicted octanol–water partition coefficient (Wildman–Crippen LogP) is 2.49. The highest BCUT2D eigenvalue weighted by Gasteiger charge is 2.27. The summed E-state index contributed by atoms with van der Waals surface area (Å²) in [6.45, 7) is 8.16. The standard InChI is InChI=1S/C20H23N7O2/c1-13-4-5-21-16(10-13)24-17-11-18(23-12-22-17)26-6-8-27(9-7-26)20(28)19-14(2)25-29-15(19)3/h4-5,10-12H,6-9H2,1-3H3,(H,21,22,23,24). The zero-order chi connectivity index (χ0) is 20.4. The van der Waals surface area contributed by atoms with Gasteiger partial charge in [-0.2, -0.15) is 0 Å². The number of anilines is 3. The van der Waals surface area contributed by atoms with E-state index >= 15 is 0 Å². The number of pyridine rings is 1. The van der Waals surface area contributed by atoms with Gasteiger partial charge in [0, 0.05) is 38.4 Å². The molecule has 29 heavy (non-hydrogen) atoms. The number of aromatic nitrogens is 4. The first-order chi connectivity index (χ1) is 14.0. The van der Waals surface area contributed by atoms with Crippen molar-refractivity contribution >= 4 is 23.4 Å². The van der Waals surface area contributed by atoms with E-state index in [0.29, 0.717) is 49.0 Å². The quantitative estimate of drug-likeness (QED) is 0.722. The molecular weight excluding hydrogens is 370 g/mol. The van der Waals surface area contributed by atoms with Crippen LogP contribution in [0.3, 0.4) is 0 Å². The van der Waals surface area contributed by atoms with E-state index in [0.717, 1.165) is 17.2 Å². The summed E-state index contributed by atoms with van der Waals surface area (Å²) in [5, 5.41) is 7.09. The SMILES string of the molecule is Cc1ccnc(Nc2cc(N3CCN(C(=O)c4c(C)noc4C)CC3)ncn2)c1. The lowest BCUT2D eigenvalue weighted by Gasteiger charge is -2.35. The smallest absolute Gasteiger partial charge is 0.259 e. The average Bonchev–Trinajstić information content (AvgIpc) is 3.06. The van der Waals surface area contributed by atoms with Crippen LogP contribution < -0.4 is 10.2 Å². The Kier molecular flexibility index (Phi) is 5.11. The van der Waals surface area contributed by atoms with Crippen molar-refractivity contribution in [3.8, 4) is 0 Å². The van der Waals surface area contributed by atoms with Crippen molar-refractivity contribution in [1.29, 1.82) is 0 Å². The fraction of sp³-hybridized carbons (Fsp3) is 0.350. The number of rotatable bonds is 4. The van der Waals surface area contributed by atoms with Gasteiger partial charge < -0.3 is 19.6 Å². The maximum Gasteiger partial charge on any atom is 0.259 e. The maximum atomic E-state index is 12.8. The summed E-state index contributed by atoms with van der Waals surface area (Å²) in [6.07, 6.45) is 3.30. The lowest BCUT2D eigenvalue weighted by molar-refractivity contribution is 0.0744. The molecule has 1 saturated heterocycles. The number of nitrogens with one attached hydrogen (secondary N) is 1. The lowest BCUT2D eigenvalue weighted by atomic mass is 10.1. The van der Waals surface area contributed by atoms with Crippen LogP contribution in [0.1, 0.15) is 27.4 Å². The van der Waals surface area contributed by atoms with Crippen molar-refractivity contribution in [3.05, 3.63) is 53.3 Å². The maximum absolute atomic E-state index is 12.8. The molecule has 1 amide bonds. The van der Waals surface area contributed by atoms with Crippen LogP contribution in [-0.4, -0.2) is 57.1 Å². The van der Waals surface area contributed by atoms with Crippen molar-refractivity contribution in [1.82, 2.24) is 25.0 Å². The van der Waals surface area contributed by atoms with Crippen LogP contribution >= 0.6 is 0 Å². The van der Waals surface area contributed by atoms with E-state index in [4.69, 9.17) is 4.52 Å². The Morgan fingerprint density at radius 3 is 2.48 bits per heavy atom. The molecule has 0 atom stereocenters. The van der Waals surface area contributed by atoms with Crippen LogP contribution in [0.25, 0.3) is 0 Å². The first-order valence-corrected chi connectivity index (χ1v) is 9.50. The minimum Gasteiger partial charge on any atom is -0.361 e. The van der Waals surface area contributed by atoms with E-state index in [2.05, 4.69) is 30.3 Å². The number of hydrogen-bond acceptors (Lipinski definition) is 8. The molecule has 0 radical (unpaired) electrons. The molecule has 0 saturated carbocycles. The summed E-state index contributed by atoms with van der Waals surface area (Å²) >= 11 is 0. The molecule has 1 aliphatic rings. The normalized spacial score (nSPS) is 14.2. The summed E-state index contributed by atoms with van der Waals surface area (Å²) in [7, 11) is 0. The first kappa shape index (κ1) is 18.9. The van der Waals surface area contributed by atoms with E-state index < -0.39 is 0 Å². The van der Waals surface area contributed by atoms with E-state index in [1.54, 1.807) is 20.0 Å². The van der Waals surface area contributed by atoms with Gasteiger partial charge in [-0.3, -0.25) is 4.79 Å². The molecule has 4 heterocycles. The summed E-state index contributed by atoms with van der Waals surface area (Å²) in [5.74, 6) is 2.77. The fourth-order valence-electron chi connectivity index (χ4n) is 3.41.